The van der Waals surface area contributed by atoms with Crippen LogP contribution in [0.15, 0.2) is 12.7 Å². The molecule has 2 aliphatic heterocycles. The number of rotatable bonds is 8. The molecule has 0 spiro atoms. The van der Waals surface area contributed by atoms with Crippen molar-refractivity contribution >= 4 is 11.9 Å². The van der Waals surface area contributed by atoms with E-state index in [1.807, 2.05) is 13.8 Å². The summed E-state index contributed by atoms with van der Waals surface area (Å²) in [5.41, 5.74) is 0.252. The lowest BCUT2D eigenvalue weighted by Gasteiger charge is -2.62. The highest BCUT2D eigenvalue weighted by molar-refractivity contribution is 5.69. The average molecular weight is 708 g/mol. The van der Waals surface area contributed by atoms with Crippen LogP contribution in [0.3, 0.4) is 0 Å². The van der Waals surface area contributed by atoms with Crippen LogP contribution in [0.1, 0.15) is 111 Å². The van der Waals surface area contributed by atoms with Crippen LogP contribution in [0.5, 0.6) is 0 Å². The Morgan fingerprint density at radius 2 is 1.59 bits per heavy atom. The minimum Gasteiger partial charge on any atom is -1.00 e. The van der Waals surface area contributed by atoms with Crippen LogP contribution in [0, 0.1) is 34.5 Å². The smallest absolute Gasteiger partial charge is 0.306 e. The summed E-state index contributed by atoms with van der Waals surface area (Å²) in [6, 6.07) is 0.631. The molecule has 6 fully saturated rings. The zero-order valence-electron chi connectivity index (χ0n) is 29.4. The van der Waals surface area contributed by atoms with Crippen LogP contribution >= 0.6 is 0 Å². The molecule has 4 aliphatic carbocycles. The Bertz CT molecular complexity index is 1070. The van der Waals surface area contributed by atoms with E-state index in [0.29, 0.717) is 42.6 Å². The number of nitrogens with zero attached hydrogens (tertiary/aromatic N) is 2. The van der Waals surface area contributed by atoms with Gasteiger partial charge in [0.15, 0.2) is 6.10 Å². The van der Waals surface area contributed by atoms with Gasteiger partial charge in [0.2, 0.25) is 0 Å². The van der Waals surface area contributed by atoms with Crippen molar-refractivity contribution in [3.63, 3.8) is 0 Å². The van der Waals surface area contributed by atoms with Gasteiger partial charge < -0.3 is 35.7 Å². The Hall–Kier alpha value is -0.960. The quantitative estimate of drug-likeness (QED) is 0.219. The van der Waals surface area contributed by atoms with E-state index in [-0.39, 0.29) is 58.0 Å². The first-order valence-corrected chi connectivity index (χ1v) is 18.9. The molecule has 2 heterocycles. The molecule has 262 valence electrons. The van der Waals surface area contributed by atoms with E-state index >= 15 is 0 Å². The highest BCUT2D eigenvalue weighted by Gasteiger charge is 2.67. The molecule has 46 heavy (non-hydrogen) atoms. The largest absolute Gasteiger partial charge is 1.00 e. The number of esters is 2. The Morgan fingerprint density at radius 3 is 2.24 bits per heavy atom. The highest BCUT2D eigenvalue weighted by atomic mass is 79.9. The van der Waals surface area contributed by atoms with Gasteiger partial charge in [0, 0.05) is 43.8 Å². The monoisotopic (exact) mass is 706 g/mol. The maximum atomic E-state index is 13.1. The molecule has 0 aromatic rings. The van der Waals surface area contributed by atoms with Crippen molar-refractivity contribution in [1.29, 1.82) is 0 Å². The van der Waals surface area contributed by atoms with Crippen molar-refractivity contribution in [3.05, 3.63) is 12.7 Å². The molecule has 0 aromatic carbocycles. The van der Waals surface area contributed by atoms with Gasteiger partial charge in [-0.05, 0) is 99.4 Å². The molecular weight excluding hydrogens is 644 g/mol. The molecule has 0 radical (unpaired) electrons. The average Bonchev–Trinajstić information content (AvgIpc) is 3.17. The van der Waals surface area contributed by atoms with Crippen LogP contribution in [0.4, 0.5) is 0 Å². The third-order valence-electron chi connectivity index (χ3n) is 14.4. The Labute approximate surface area is 289 Å². The van der Waals surface area contributed by atoms with Crippen LogP contribution in [0.2, 0.25) is 0 Å². The molecule has 0 bridgehead atoms. The number of quaternary nitrogens is 1. The molecule has 0 unspecified atom stereocenters. The lowest BCUT2D eigenvalue weighted by atomic mass is 9.44. The zero-order chi connectivity index (χ0) is 31.8. The number of carbonyl (C=O) groups excluding carboxylic acids is 2. The van der Waals surface area contributed by atoms with Crippen molar-refractivity contribution < 1.29 is 45.3 Å². The van der Waals surface area contributed by atoms with Crippen LogP contribution < -0.4 is 17.0 Å². The Kier molecular flexibility index (Phi) is 11.8. The van der Waals surface area contributed by atoms with Crippen LogP contribution in [0.25, 0.3) is 0 Å². The molecular formula is C38H63BrN2O5. The summed E-state index contributed by atoms with van der Waals surface area (Å²) in [7, 11) is 0. The van der Waals surface area contributed by atoms with Crippen molar-refractivity contribution in [2.75, 3.05) is 45.9 Å². The summed E-state index contributed by atoms with van der Waals surface area (Å²) in [4.78, 5) is 28.3. The normalized spacial score (nSPS) is 42.3. The van der Waals surface area contributed by atoms with E-state index in [9.17, 15) is 9.59 Å². The maximum absolute atomic E-state index is 13.1. The van der Waals surface area contributed by atoms with E-state index in [1.54, 1.807) is 0 Å². The minimum absolute atomic E-state index is 0. The van der Waals surface area contributed by atoms with E-state index in [1.165, 1.54) is 64.5 Å². The standard InChI is InChI=1S/C38H63N2O5.BrH/c1-6-19-40(20-11-9-10-12-21-40)32-25-30-28-14-13-27-24-33(44-34(41)7-2)31(39-17-22-43-23-18-39)26-38(27,5)29(28)15-16-37(30,4)36(32)45-35(42)8-3;/h6,27-33,36H,1,7-26H2,2-5H3;1H/q+1;/p-1/t27-,28+,29-,30-,31-,32-,33-,36-,37-,38-;/m0./s1. The number of likely N-dealkylation sites (tertiary alicyclic amines) is 1. The predicted octanol–water partition coefficient (Wildman–Crippen LogP) is 3.54. The number of carbonyl (C=O) groups is 2. The molecule has 2 saturated heterocycles. The second kappa shape index (κ2) is 14.9. The van der Waals surface area contributed by atoms with Gasteiger partial charge in [-0.3, -0.25) is 14.5 Å². The van der Waals surface area contributed by atoms with Crippen LogP contribution in [-0.4, -0.2) is 91.6 Å². The summed E-state index contributed by atoms with van der Waals surface area (Å²) >= 11 is 0. The van der Waals surface area contributed by atoms with Crippen molar-refractivity contribution in [3.8, 4) is 0 Å². The SMILES string of the molecule is C=CC[N+]1([C@H]2C[C@H]3[C@@H]4CC[C@H]5C[C@H](OC(=O)CC)[C@@H](N6CCOCC6)C[C@]5(C)[C@H]4CC[C@]3(C)[C@H]2OC(=O)CC)CCCCCC1.[Br-]. The van der Waals surface area contributed by atoms with Gasteiger partial charge >= 0.3 is 11.9 Å². The van der Waals surface area contributed by atoms with Gasteiger partial charge in [-0.1, -0.05) is 34.3 Å². The van der Waals surface area contributed by atoms with Gasteiger partial charge in [0.25, 0.3) is 0 Å². The van der Waals surface area contributed by atoms with Crippen molar-refractivity contribution in [1.82, 2.24) is 4.90 Å². The van der Waals surface area contributed by atoms with Gasteiger partial charge in [-0.15, -0.1) is 0 Å². The second-order valence-corrected chi connectivity index (χ2v) is 16.4. The summed E-state index contributed by atoms with van der Waals surface area (Å²) in [5.74, 6) is 2.41. The molecule has 0 N–H and O–H groups in total. The molecule has 0 aromatic heterocycles. The second-order valence-electron chi connectivity index (χ2n) is 16.4. The molecule has 7 nitrogen and oxygen atoms in total. The summed E-state index contributed by atoms with van der Waals surface area (Å²) in [6.07, 6.45) is 16.3. The molecule has 0 amide bonds. The van der Waals surface area contributed by atoms with Crippen LogP contribution in [-0.2, 0) is 23.8 Å². The van der Waals surface area contributed by atoms with E-state index in [4.69, 9.17) is 14.2 Å². The number of hydrogen-bond acceptors (Lipinski definition) is 6. The van der Waals surface area contributed by atoms with E-state index in [2.05, 4.69) is 31.4 Å². The first-order chi connectivity index (χ1) is 21.7. The van der Waals surface area contributed by atoms with Gasteiger partial charge in [-0.25, -0.2) is 0 Å². The molecule has 8 heteroatoms. The highest BCUT2D eigenvalue weighted by Crippen LogP contribution is 2.67. The number of halogens is 1. The first-order valence-electron chi connectivity index (χ1n) is 18.9. The topological polar surface area (TPSA) is 65.1 Å². The van der Waals surface area contributed by atoms with Gasteiger partial charge in [0.05, 0.1) is 32.8 Å². The fourth-order valence-corrected chi connectivity index (χ4v) is 12.1. The Balaban J connectivity index is 0.00000417. The van der Waals surface area contributed by atoms with E-state index in [0.717, 1.165) is 56.6 Å². The Morgan fingerprint density at radius 1 is 0.913 bits per heavy atom. The first kappa shape index (κ1) is 36.3. The fourth-order valence-electron chi connectivity index (χ4n) is 12.1. The molecule has 4 saturated carbocycles. The third kappa shape index (κ3) is 6.52. The molecule has 6 aliphatic rings. The van der Waals surface area contributed by atoms with Crippen molar-refractivity contribution in [2.24, 2.45) is 34.5 Å². The molecule has 10 atom stereocenters. The number of hydrogen-bond donors (Lipinski definition) is 0. The lowest BCUT2D eigenvalue weighted by molar-refractivity contribution is -0.948. The van der Waals surface area contributed by atoms with Gasteiger partial charge in [0.1, 0.15) is 12.1 Å². The number of morpholine rings is 1. The summed E-state index contributed by atoms with van der Waals surface area (Å²) in [6.45, 7) is 20.0. The number of fused-ring (bicyclic) bond motifs is 5. The predicted molar refractivity (Wildman–Crippen MR) is 176 cm³/mol. The zero-order valence-corrected chi connectivity index (χ0v) is 30.9. The van der Waals surface area contributed by atoms with E-state index < -0.39 is 0 Å². The lowest BCUT2D eigenvalue weighted by Crippen LogP contribution is -3.00. The number of ether oxygens (including phenoxy) is 3. The third-order valence-corrected chi connectivity index (χ3v) is 14.4. The minimum atomic E-state index is -0.0567. The maximum Gasteiger partial charge on any atom is 0.306 e. The van der Waals surface area contributed by atoms with Gasteiger partial charge in [-0.2, -0.15) is 0 Å². The summed E-state index contributed by atoms with van der Waals surface area (Å²) in [5, 5.41) is 0. The molecule has 6 rings (SSSR count). The summed E-state index contributed by atoms with van der Waals surface area (Å²) < 4.78 is 19.7. The fraction of sp³-hybridized carbons (Fsp3) is 0.895. The van der Waals surface area contributed by atoms with Crippen molar-refractivity contribution in [2.45, 2.75) is 135 Å².